The van der Waals surface area contributed by atoms with Gasteiger partial charge in [0.2, 0.25) is 0 Å². The molecule has 3 rings (SSSR count). The standard InChI is InChI=1S/C18H18FN3O4S/c1-4-27(23,24)17-7-11(5-6-13(17)19)22-18-12-8-15(25-2)16(26-3)9-14(12)20-10-21-18/h5-10H,4H2,1-3H3,(H,20,21,22). The van der Waals surface area contributed by atoms with Gasteiger partial charge in [-0.15, -0.1) is 0 Å². The lowest BCUT2D eigenvalue weighted by Gasteiger charge is -2.13. The predicted molar refractivity (Wildman–Crippen MR) is 100 cm³/mol. The van der Waals surface area contributed by atoms with Crippen LogP contribution in [0.3, 0.4) is 0 Å². The molecule has 0 atom stereocenters. The lowest BCUT2D eigenvalue weighted by molar-refractivity contribution is 0.356. The third kappa shape index (κ3) is 3.63. The van der Waals surface area contributed by atoms with Crippen LogP contribution >= 0.6 is 0 Å². The fourth-order valence-corrected chi connectivity index (χ4v) is 3.58. The number of nitrogens with one attached hydrogen (secondary N) is 1. The molecule has 0 amide bonds. The number of nitrogens with zero attached hydrogens (tertiary/aromatic N) is 2. The van der Waals surface area contributed by atoms with Crippen molar-refractivity contribution in [1.29, 1.82) is 0 Å². The summed E-state index contributed by atoms with van der Waals surface area (Å²) in [7, 11) is -0.648. The molecule has 3 aromatic rings. The van der Waals surface area contributed by atoms with E-state index in [1.165, 1.54) is 39.6 Å². The van der Waals surface area contributed by atoms with E-state index in [4.69, 9.17) is 9.47 Å². The summed E-state index contributed by atoms with van der Waals surface area (Å²) in [6.45, 7) is 1.46. The first kappa shape index (κ1) is 18.8. The highest BCUT2D eigenvalue weighted by molar-refractivity contribution is 7.91. The summed E-state index contributed by atoms with van der Waals surface area (Å²) in [4.78, 5) is 8.06. The molecule has 2 aromatic carbocycles. The quantitative estimate of drug-likeness (QED) is 0.689. The Hall–Kier alpha value is -2.94. The van der Waals surface area contributed by atoms with Gasteiger partial charge < -0.3 is 14.8 Å². The molecule has 0 spiro atoms. The molecule has 1 N–H and O–H groups in total. The van der Waals surface area contributed by atoms with E-state index in [2.05, 4.69) is 15.3 Å². The number of hydrogen-bond acceptors (Lipinski definition) is 7. The van der Waals surface area contributed by atoms with Crippen molar-refractivity contribution < 1.29 is 22.3 Å². The second-order valence-electron chi connectivity index (χ2n) is 5.62. The Balaban J connectivity index is 2.08. The van der Waals surface area contributed by atoms with Crippen LogP contribution in [-0.2, 0) is 9.84 Å². The molecule has 27 heavy (non-hydrogen) atoms. The molecule has 0 saturated carbocycles. The van der Waals surface area contributed by atoms with E-state index in [9.17, 15) is 12.8 Å². The van der Waals surface area contributed by atoms with Gasteiger partial charge in [-0.1, -0.05) is 6.92 Å². The van der Waals surface area contributed by atoms with Crippen LogP contribution in [0.1, 0.15) is 6.92 Å². The van der Waals surface area contributed by atoms with Gasteiger partial charge in [-0.05, 0) is 24.3 Å². The molecular formula is C18H18FN3O4S. The molecule has 142 valence electrons. The number of ether oxygens (including phenoxy) is 2. The minimum absolute atomic E-state index is 0.194. The summed E-state index contributed by atoms with van der Waals surface area (Å²) in [6, 6.07) is 7.22. The SMILES string of the molecule is CCS(=O)(=O)c1cc(Nc2ncnc3cc(OC)c(OC)cc23)ccc1F. The van der Waals surface area contributed by atoms with Crippen LogP contribution in [0.15, 0.2) is 41.6 Å². The summed E-state index contributed by atoms with van der Waals surface area (Å²) >= 11 is 0. The molecular weight excluding hydrogens is 373 g/mol. The monoisotopic (exact) mass is 391 g/mol. The van der Waals surface area contributed by atoms with Gasteiger partial charge in [-0.2, -0.15) is 0 Å². The predicted octanol–water partition coefficient (Wildman–Crippen LogP) is 3.32. The second-order valence-corrected chi connectivity index (χ2v) is 7.87. The van der Waals surface area contributed by atoms with Crippen molar-refractivity contribution in [3.05, 3.63) is 42.5 Å². The summed E-state index contributed by atoms with van der Waals surface area (Å²) in [5.74, 6) is 0.457. The summed E-state index contributed by atoms with van der Waals surface area (Å²) in [6.07, 6.45) is 1.36. The largest absolute Gasteiger partial charge is 0.493 e. The molecule has 9 heteroatoms. The fourth-order valence-electron chi connectivity index (χ4n) is 2.59. The highest BCUT2D eigenvalue weighted by Crippen LogP contribution is 2.34. The van der Waals surface area contributed by atoms with E-state index in [-0.39, 0.29) is 10.6 Å². The molecule has 0 unspecified atom stereocenters. The zero-order valence-corrected chi connectivity index (χ0v) is 15.8. The average molecular weight is 391 g/mol. The first-order valence-corrected chi connectivity index (χ1v) is 9.71. The zero-order chi connectivity index (χ0) is 19.6. The van der Waals surface area contributed by atoms with Crippen molar-refractivity contribution in [2.24, 2.45) is 0 Å². The second kappa shape index (κ2) is 7.36. The number of halogens is 1. The van der Waals surface area contributed by atoms with Gasteiger partial charge in [0.1, 0.15) is 22.9 Å². The minimum atomic E-state index is -3.69. The Morgan fingerprint density at radius 3 is 2.44 bits per heavy atom. The molecule has 0 aliphatic heterocycles. The van der Waals surface area contributed by atoms with E-state index in [0.717, 1.165) is 6.07 Å². The number of benzene rings is 2. The Kier molecular flexibility index (Phi) is 5.13. The average Bonchev–Trinajstić information content (AvgIpc) is 2.68. The maximum absolute atomic E-state index is 14.0. The highest BCUT2D eigenvalue weighted by Gasteiger charge is 2.18. The third-order valence-corrected chi connectivity index (χ3v) is 5.79. The summed E-state index contributed by atoms with van der Waals surface area (Å²) in [5, 5.41) is 3.66. The van der Waals surface area contributed by atoms with Crippen molar-refractivity contribution in [2.45, 2.75) is 11.8 Å². The van der Waals surface area contributed by atoms with Crippen molar-refractivity contribution in [2.75, 3.05) is 25.3 Å². The minimum Gasteiger partial charge on any atom is -0.493 e. The molecule has 1 heterocycles. The molecule has 7 nitrogen and oxygen atoms in total. The number of sulfone groups is 1. The van der Waals surface area contributed by atoms with E-state index in [1.807, 2.05) is 0 Å². The zero-order valence-electron chi connectivity index (χ0n) is 15.0. The van der Waals surface area contributed by atoms with Crippen LogP contribution in [0, 0.1) is 5.82 Å². The molecule has 0 saturated heterocycles. The van der Waals surface area contributed by atoms with E-state index in [1.54, 1.807) is 12.1 Å². The number of methoxy groups -OCH3 is 2. The van der Waals surface area contributed by atoms with Gasteiger partial charge in [0.05, 0.1) is 25.5 Å². The molecule has 0 aliphatic carbocycles. The van der Waals surface area contributed by atoms with E-state index < -0.39 is 15.7 Å². The number of aromatic nitrogens is 2. The number of hydrogen-bond donors (Lipinski definition) is 1. The molecule has 0 bridgehead atoms. The van der Waals surface area contributed by atoms with Crippen LogP contribution in [0.4, 0.5) is 15.9 Å². The van der Waals surface area contributed by atoms with Crippen molar-refractivity contribution in [3.8, 4) is 11.5 Å². The Labute approximate surface area is 156 Å². The van der Waals surface area contributed by atoms with E-state index >= 15 is 0 Å². The fraction of sp³-hybridized carbons (Fsp3) is 0.222. The molecule has 0 fully saturated rings. The maximum Gasteiger partial charge on any atom is 0.181 e. The number of rotatable bonds is 6. The normalized spacial score (nSPS) is 11.4. The van der Waals surface area contributed by atoms with Crippen LogP contribution in [0.2, 0.25) is 0 Å². The van der Waals surface area contributed by atoms with Gasteiger partial charge in [-0.3, -0.25) is 0 Å². The first-order valence-electron chi connectivity index (χ1n) is 8.05. The third-order valence-electron chi connectivity index (χ3n) is 4.05. The number of anilines is 2. The smallest absolute Gasteiger partial charge is 0.181 e. The van der Waals surface area contributed by atoms with Gasteiger partial charge in [0.15, 0.2) is 21.3 Å². The Bertz CT molecular complexity index is 1100. The van der Waals surface area contributed by atoms with Gasteiger partial charge in [-0.25, -0.2) is 22.8 Å². The van der Waals surface area contributed by atoms with Gasteiger partial charge >= 0.3 is 0 Å². The van der Waals surface area contributed by atoms with Crippen molar-refractivity contribution >= 4 is 32.2 Å². The van der Waals surface area contributed by atoms with Gasteiger partial charge in [0.25, 0.3) is 0 Å². The first-order chi connectivity index (χ1) is 12.9. The topological polar surface area (TPSA) is 90.4 Å². The molecule has 0 aliphatic rings. The van der Waals surface area contributed by atoms with Crippen molar-refractivity contribution in [3.63, 3.8) is 0 Å². The molecule has 1 aromatic heterocycles. The van der Waals surface area contributed by atoms with Crippen LogP contribution < -0.4 is 14.8 Å². The summed E-state index contributed by atoms with van der Waals surface area (Å²) < 4.78 is 48.7. The van der Waals surface area contributed by atoms with Crippen LogP contribution in [0.25, 0.3) is 10.9 Å². The van der Waals surface area contributed by atoms with Crippen molar-refractivity contribution in [1.82, 2.24) is 9.97 Å². The van der Waals surface area contributed by atoms with Crippen LogP contribution in [0.5, 0.6) is 11.5 Å². The Morgan fingerprint density at radius 1 is 1.07 bits per heavy atom. The Morgan fingerprint density at radius 2 is 1.78 bits per heavy atom. The molecule has 0 radical (unpaired) electrons. The number of fused-ring (bicyclic) bond motifs is 1. The maximum atomic E-state index is 14.0. The van der Waals surface area contributed by atoms with Crippen LogP contribution in [-0.4, -0.2) is 38.4 Å². The lowest BCUT2D eigenvalue weighted by Crippen LogP contribution is -2.07. The van der Waals surface area contributed by atoms with Gasteiger partial charge in [0, 0.05) is 17.1 Å². The lowest BCUT2D eigenvalue weighted by atomic mass is 10.2. The highest BCUT2D eigenvalue weighted by atomic mass is 32.2. The van der Waals surface area contributed by atoms with E-state index in [0.29, 0.717) is 33.9 Å². The summed E-state index contributed by atoms with van der Waals surface area (Å²) in [5.41, 5.74) is 0.992.